The maximum atomic E-state index is 14.3. The number of hydrogen-bond donors (Lipinski definition) is 1. The number of anilines is 1. The van der Waals surface area contributed by atoms with Crippen LogP contribution in [0.3, 0.4) is 0 Å². The van der Waals surface area contributed by atoms with Crippen molar-refractivity contribution in [3.63, 3.8) is 0 Å². The van der Waals surface area contributed by atoms with Crippen LogP contribution >= 0.6 is 0 Å². The molecular formula is C28H38FN3O4S. The maximum absolute atomic E-state index is 14.3. The number of aryl methyl sites for hydroxylation is 1. The molecule has 37 heavy (non-hydrogen) atoms. The van der Waals surface area contributed by atoms with Gasteiger partial charge in [0, 0.05) is 25.6 Å². The van der Waals surface area contributed by atoms with Gasteiger partial charge in [-0.25, -0.2) is 12.8 Å². The molecule has 1 unspecified atom stereocenters. The number of nitrogens with one attached hydrogen (secondary N) is 1. The van der Waals surface area contributed by atoms with Crippen molar-refractivity contribution in [1.29, 1.82) is 0 Å². The lowest BCUT2D eigenvalue weighted by Crippen LogP contribution is -2.50. The van der Waals surface area contributed by atoms with Gasteiger partial charge in [-0.15, -0.1) is 0 Å². The highest BCUT2D eigenvalue weighted by molar-refractivity contribution is 7.92. The molecule has 1 atom stereocenters. The van der Waals surface area contributed by atoms with Gasteiger partial charge < -0.3 is 10.2 Å². The lowest BCUT2D eigenvalue weighted by atomic mass is 9.95. The van der Waals surface area contributed by atoms with Crippen LogP contribution < -0.4 is 9.62 Å². The minimum Gasteiger partial charge on any atom is -0.352 e. The van der Waals surface area contributed by atoms with E-state index in [1.165, 1.54) is 24.6 Å². The van der Waals surface area contributed by atoms with Crippen LogP contribution in [0.1, 0.15) is 63.0 Å². The van der Waals surface area contributed by atoms with E-state index >= 15 is 0 Å². The van der Waals surface area contributed by atoms with E-state index in [0.29, 0.717) is 0 Å². The van der Waals surface area contributed by atoms with Crippen molar-refractivity contribution in [3.05, 3.63) is 65.5 Å². The molecule has 0 aliphatic heterocycles. The third-order valence-electron chi connectivity index (χ3n) is 6.87. The molecule has 1 aliphatic carbocycles. The average molecular weight is 532 g/mol. The van der Waals surface area contributed by atoms with Crippen LogP contribution in [0, 0.1) is 12.7 Å². The first-order valence-electron chi connectivity index (χ1n) is 12.9. The van der Waals surface area contributed by atoms with Crippen LogP contribution in [-0.4, -0.2) is 50.0 Å². The van der Waals surface area contributed by atoms with Gasteiger partial charge in [-0.05, 0) is 50.8 Å². The second kappa shape index (κ2) is 13.0. The minimum absolute atomic E-state index is 0.0212. The molecule has 0 saturated heterocycles. The van der Waals surface area contributed by atoms with E-state index in [4.69, 9.17) is 0 Å². The minimum atomic E-state index is -3.75. The Hall–Kier alpha value is -2.94. The van der Waals surface area contributed by atoms with Crippen molar-refractivity contribution in [2.24, 2.45) is 0 Å². The fraction of sp³-hybridized carbons (Fsp3) is 0.500. The van der Waals surface area contributed by atoms with Gasteiger partial charge in [-0.1, -0.05) is 61.2 Å². The first kappa shape index (κ1) is 28.6. The number of carbonyl (C=O) groups excluding carboxylic acids is 2. The number of halogens is 1. The van der Waals surface area contributed by atoms with Gasteiger partial charge in [0.05, 0.1) is 11.9 Å². The number of para-hydroxylation sites is 1. The zero-order valence-electron chi connectivity index (χ0n) is 22.0. The molecule has 7 nitrogen and oxygen atoms in total. The summed E-state index contributed by atoms with van der Waals surface area (Å²) in [7, 11) is -3.75. The second-order valence-electron chi connectivity index (χ2n) is 9.92. The molecule has 1 saturated carbocycles. The quantitative estimate of drug-likeness (QED) is 0.461. The SMILES string of the molecule is Cc1ccc(CN(C(=O)CCCN(c2ccccc2F)S(C)(=O)=O)C(C)C(=O)NC2CCCCC2)cc1. The first-order valence-corrected chi connectivity index (χ1v) is 14.8. The third-order valence-corrected chi connectivity index (χ3v) is 8.05. The molecule has 0 bridgehead atoms. The summed E-state index contributed by atoms with van der Waals surface area (Å²) < 4.78 is 40.0. The van der Waals surface area contributed by atoms with E-state index < -0.39 is 21.9 Å². The van der Waals surface area contributed by atoms with Crippen molar-refractivity contribution in [3.8, 4) is 0 Å². The molecular weight excluding hydrogens is 493 g/mol. The van der Waals surface area contributed by atoms with E-state index in [-0.39, 0.29) is 49.5 Å². The monoisotopic (exact) mass is 531 g/mol. The summed E-state index contributed by atoms with van der Waals surface area (Å²) in [4.78, 5) is 28.0. The maximum Gasteiger partial charge on any atom is 0.242 e. The van der Waals surface area contributed by atoms with Crippen LogP contribution in [0.4, 0.5) is 10.1 Å². The summed E-state index contributed by atoms with van der Waals surface area (Å²) in [6.07, 6.45) is 6.47. The Labute approximate surface area is 220 Å². The molecule has 2 aromatic carbocycles. The van der Waals surface area contributed by atoms with Crippen LogP contribution in [0.5, 0.6) is 0 Å². The number of rotatable bonds is 11. The van der Waals surface area contributed by atoms with E-state index in [1.54, 1.807) is 17.9 Å². The molecule has 202 valence electrons. The third kappa shape index (κ3) is 8.28. The Balaban J connectivity index is 1.71. The molecule has 1 aliphatic rings. The van der Waals surface area contributed by atoms with Gasteiger partial charge >= 0.3 is 0 Å². The molecule has 2 aromatic rings. The number of benzene rings is 2. The molecule has 0 radical (unpaired) electrons. The summed E-state index contributed by atoms with van der Waals surface area (Å²) in [5.74, 6) is -1.08. The lowest BCUT2D eigenvalue weighted by Gasteiger charge is -2.31. The standard InChI is InChI=1S/C28H38FN3O4S/c1-21-15-17-23(18-16-21)20-31(22(2)28(34)30-24-10-5-4-6-11-24)27(33)14-9-19-32(37(3,35)36)26-13-8-7-12-25(26)29/h7-8,12-13,15-18,22,24H,4-6,9-11,14,19-20H2,1-3H3,(H,30,34). The van der Waals surface area contributed by atoms with Gasteiger partial charge in [-0.3, -0.25) is 13.9 Å². The van der Waals surface area contributed by atoms with E-state index in [1.807, 2.05) is 31.2 Å². The Bertz CT molecular complexity index is 1160. The molecule has 0 spiro atoms. The van der Waals surface area contributed by atoms with E-state index in [0.717, 1.165) is 47.4 Å². The highest BCUT2D eigenvalue weighted by atomic mass is 32.2. The molecule has 9 heteroatoms. The Morgan fingerprint density at radius 3 is 2.32 bits per heavy atom. The number of amides is 2. The summed E-state index contributed by atoms with van der Waals surface area (Å²) in [6.45, 7) is 3.93. The number of hydrogen-bond acceptors (Lipinski definition) is 4. The predicted molar refractivity (Wildman–Crippen MR) is 144 cm³/mol. The Kier molecular flexibility index (Phi) is 10.1. The summed E-state index contributed by atoms with van der Waals surface area (Å²) >= 11 is 0. The number of nitrogens with zero attached hydrogens (tertiary/aromatic N) is 2. The fourth-order valence-electron chi connectivity index (χ4n) is 4.68. The summed E-state index contributed by atoms with van der Waals surface area (Å²) in [6, 6.07) is 12.9. The summed E-state index contributed by atoms with van der Waals surface area (Å²) in [5, 5.41) is 3.11. The average Bonchev–Trinajstić information content (AvgIpc) is 2.86. The van der Waals surface area contributed by atoms with E-state index in [2.05, 4.69) is 5.32 Å². The van der Waals surface area contributed by atoms with Crippen LogP contribution in [0.2, 0.25) is 0 Å². The summed E-state index contributed by atoms with van der Waals surface area (Å²) in [5.41, 5.74) is 1.95. The van der Waals surface area contributed by atoms with Gasteiger partial charge in [-0.2, -0.15) is 0 Å². The van der Waals surface area contributed by atoms with Crippen molar-refractivity contribution in [2.45, 2.75) is 77.4 Å². The number of carbonyl (C=O) groups is 2. The Morgan fingerprint density at radius 1 is 1.05 bits per heavy atom. The van der Waals surface area contributed by atoms with Crippen LogP contribution in [-0.2, 0) is 26.2 Å². The molecule has 1 N–H and O–H groups in total. The van der Waals surface area contributed by atoms with Crippen molar-refractivity contribution < 1.29 is 22.4 Å². The van der Waals surface area contributed by atoms with Crippen molar-refractivity contribution in [2.75, 3.05) is 17.1 Å². The molecule has 3 rings (SSSR count). The molecule has 0 aromatic heterocycles. The van der Waals surface area contributed by atoms with Crippen molar-refractivity contribution in [1.82, 2.24) is 10.2 Å². The van der Waals surface area contributed by atoms with Crippen molar-refractivity contribution >= 4 is 27.5 Å². The lowest BCUT2D eigenvalue weighted by molar-refractivity contribution is -0.141. The normalized spacial score (nSPS) is 15.1. The van der Waals surface area contributed by atoms with Crippen LogP contribution in [0.25, 0.3) is 0 Å². The van der Waals surface area contributed by atoms with E-state index in [9.17, 15) is 22.4 Å². The van der Waals surface area contributed by atoms with Crippen LogP contribution in [0.15, 0.2) is 48.5 Å². The molecule has 0 heterocycles. The largest absolute Gasteiger partial charge is 0.352 e. The van der Waals surface area contributed by atoms with Gasteiger partial charge in [0.2, 0.25) is 21.8 Å². The first-order chi connectivity index (χ1) is 17.6. The predicted octanol–water partition coefficient (Wildman–Crippen LogP) is 4.55. The Morgan fingerprint density at radius 2 is 1.70 bits per heavy atom. The fourth-order valence-corrected chi connectivity index (χ4v) is 5.64. The zero-order chi connectivity index (χ0) is 27.0. The zero-order valence-corrected chi connectivity index (χ0v) is 22.8. The topological polar surface area (TPSA) is 86.8 Å². The van der Waals surface area contributed by atoms with Gasteiger partial charge in [0.1, 0.15) is 11.9 Å². The van der Waals surface area contributed by atoms with Gasteiger partial charge in [0.25, 0.3) is 0 Å². The molecule has 1 fully saturated rings. The number of sulfonamides is 1. The van der Waals surface area contributed by atoms with Gasteiger partial charge in [0.15, 0.2) is 0 Å². The second-order valence-corrected chi connectivity index (χ2v) is 11.8. The highest BCUT2D eigenvalue weighted by Crippen LogP contribution is 2.23. The smallest absolute Gasteiger partial charge is 0.242 e. The highest BCUT2D eigenvalue weighted by Gasteiger charge is 2.28. The molecule has 2 amide bonds.